The Morgan fingerprint density at radius 2 is 1.90 bits per heavy atom. The summed E-state index contributed by atoms with van der Waals surface area (Å²) in [4.78, 5) is 16.5. The Bertz CT molecular complexity index is 934. The Balaban J connectivity index is 2.44. The predicted molar refractivity (Wildman–Crippen MR) is 113 cm³/mol. The summed E-state index contributed by atoms with van der Waals surface area (Å²) >= 11 is 0. The van der Waals surface area contributed by atoms with E-state index in [4.69, 9.17) is 15.6 Å². The number of benzene rings is 1. The molecule has 10 heteroatoms. The Labute approximate surface area is 170 Å². The van der Waals surface area contributed by atoms with Crippen molar-refractivity contribution in [3.05, 3.63) is 40.2 Å². The molecule has 1 aromatic carbocycles. The molecule has 0 saturated heterocycles. The van der Waals surface area contributed by atoms with Gasteiger partial charge in [0.1, 0.15) is 10.7 Å². The average molecular weight is 426 g/mol. The number of amides is 2. The molecule has 1 unspecified atom stereocenters. The van der Waals surface area contributed by atoms with Gasteiger partial charge >= 0.3 is 6.03 Å². The van der Waals surface area contributed by atoms with Crippen molar-refractivity contribution in [1.29, 1.82) is 0 Å². The van der Waals surface area contributed by atoms with E-state index in [1.165, 1.54) is 12.1 Å². The van der Waals surface area contributed by atoms with E-state index in [9.17, 15) is 13.4 Å². The van der Waals surface area contributed by atoms with E-state index in [0.29, 0.717) is 36.4 Å². The standard InChI is InChI=1S/C19H28FN5O3S/c1-11(2)14-8-13(20)9-15(12(3)4)17(14)24-19(26)25-29(22,27)16(10-21)18-23-6-5-7-28-18/h8-12H,5-7,21H2,1-4H3,(H3,22,24,25,26,27). The van der Waals surface area contributed by atoms with Gasteiger partial charge in [-0.15, -0.1) is 4.36 Å². The molecule has 0 aromatic heterocycles. The van der Waals surface area contributed by atoms with Crippen molar-refractivity contribution >= 4 is 27.5 Å². The van der Waals surface area contributed by atoms with E-state index in [-0.39, 0.29) is 22.6 Å². The molecule has 1 aliphatic heterocycles. The first-order chi connectivity index (χ1) is 13.6. The number of ether oxygens (including phenoxy) is 1. The minimum absolute atomic E-state index is 0.0234. The molecule has 0 bridgehead atoms. The van der Waals surface area contributed by atoms with Crippen LogP contribution < -0.4 is 16.2 Å². The van der Waals surface area contributed by atoms with Gasteiger partial charge in [-0.25, -0.2) is 18.5 Å². The smallest absolute Gasteiger partial charge is 0.354 e. The number of aliphatic imine (C=N–C) groups is 1. The van der Waals surface area contributed by atoms with Gasteiger partial charge in [-0.05, 0) is 35.1 Å². The van der Waals surface area contributed by atoms with E-state index >= 15 is 0 Å². The van der Waals surface area contributed by atoms with Crippen LogP contribution in [0, 0.1) is 5.82 Å². The van der Waals surface area contributed by atoms with Gasteiger partial charge in [0.25, 0.3) is 0 Å². The third-order valence-electron chi connectivity index (χ3n) is 4.33. The average Bonchev–Trinajstić information content (AvgIpc) is 2.63. The summed E-state index contributed by atoms with van der Waals surface area (Å²) in [5, 5.41) is 8.43. The maximum atomic E-state index is 14.0. The number of carbonyl (C=O) groups excluding carboxylic acids is 1. The molecule has 0 aliphatic carbocycles. The maximum absolute atomic E-state index is 14.0. The van der Waals surface area contributed by atoms with Gasteiger partial charge in [0.05, 0.1) is 6.61 Å². The number of hydrogen-bond donors (Lipinski definition) is 3. The first kappa shape index (κ1) is 22.8. The SMILES string of the molecule is CC(C)c1cc(F)cc(C(C)C)c1NC(=O)N=S(N)(=O)C(=CN)C1=NCCCO1. The molecule has 29 heavy (non-hydrogen) atoms. The lowest BCUT2D eigenvalue weighted by Crippen LogP contribution is -2.28. The Morgan fingerprint density at radius 3 is 2.34 bits per heavy atom. The Hall–Kier alpha value is -2.46. The second kappa shape index (κ2) is 9.36. The lowest BCUT2D eigenvalue weighted by Gasteiger charge is -2.20. The summed E-state index contributed by atoms with van der Waals surface area (Å²) in [6.45, 7) is 8.37. The molecule has 0 radical (unpaired) electrons. The fourth-order valence-corrected chi connectivity index (χ4v) is 3.87. The maximum Gasteiger partial charge on any atom is 0.354 e. The molecular formula is C19H28FN5O3S. The fourth-order valence-electron chi connectivity index (χ4n) is 2.91. The van der Waals surface area contributed by atoms with Gasteiger partial charge in [-0.3, -0.25) is 4.99 Å². The minimum Gasteiger partial charge on any atom is -0.477 e. The molecular weight excluding hydrogens is 397 g/mol. The van der Waals surface area contributed by atoms with Crippen LogP contribution in [0.25, 0.3) is 0 Å². The number of rotatable bonds is 5. The summed E-state index contributed by atoms with van der Waals surface area (Å²) in [7, 11) is -3.70. The first-order valence-electron chi connectivity index (χ1n) is 9.35. The Morgan fingerprint density at radius 1 is 1.31 bits per heavy atom. The van der Waals surface area contributed by atoms with E-state index < -0.39 is 21.8 Å². The summed E-state index contributed by atoms with van der Waals surface area (Å²) < 4.78 is 35.9. The number of anilines is 1. The lowest BCUT2D eigenvalue weighted by molar-refractivity contribution is 0.260. The third-order valence-corrected chi connectivity index (χ3v) is 5.71. The summed E-state index contributed by atoms with van der Waals surface area (Å²) in [6.07, 6.45) is 1.70. The van der Waals surface area contributed by atoms with Crippen LogP contribution in [0.4, 0.5) is 14.9 Å². The number of carbonyl (C=O) groups is 1. The zero-order chi connectivity index (χ0) is 21.8. The molecule has 1 atom stereocenters. The second-order valence-electron chi connectivity index (χ2n) is 7.28. The topological polar surface area (TPSA) is 132 Å². The number of hydrogen-bond acceptors (Lipinski definition) is 5. The van der Waals surface area contributed by atoms with Crippen LogP contribution in [0.15, 0.2) is 32.6 Å². The lowest BCUT2D eigenvalue weighted by atomic mass is 9.92. The van der Waals surface area contributed by atoms with Crippen molar-refractivity contribution in [2.24, 2.45) is 20.2 Å². The van der Waals surface area contributed by atoms with E-state index in [1.807, 2.05) is 27.7 Å². The fraction of sp³-hybridized carbons (Fsp3) is 0.474. The molecule has 1 aliphatic rings. The number of nitrogens with two attached hydrogens (primary N) is 2. The molecule has 8 nitrogen and oxygen atoms in total. The molecule has 1 aromatic rings. The number of nitrogens with zero attached hydrogens (tertiary/aromatic N) is 2. The molecule has 2 amide bonds. The monoisotopic (exact) mass is 425 g/mol. The quantitative estimate of drug-likeness (QED) is 0.665. The van der Waals surface area contributed by atoms with E-state index in [1.54, 1.807) is 0 Å². The van der Waals surface area contributed by atoms with Gasteiger partial charge in [0.2, 0.25) is 5.90 Å². The normalized spacial score (nSPS) is 16.8. The van der Waals surface area contributed by atoms with Crippen molar-refractivity contribution < 1.29 is 18.1 Å². The zero-order valence-corrected chi connectivity index (χ0v) is 17.9. The molecule has 0 spiro atoms. The summed E-state index contributed by atoms with van der Waals surface area (Å²) in [5.41, 5.74) is 7.20. The van der Waals surface area contributed by atoms with Crippen LogP contribution in [0.2, 0.25) is 0 Å². The van der Waals surface area contributed by atoms with Gasteiger partial charge in [-0.2, -0.15) is 0 Å². The minimum atomic E-state index is -3.70. The van der Waals surface area contributed by atoms with Crippen molar-refractivity contribution in [3.8, 4) is 0 Å². The second-order valence-corrected chi connectivity index (χ2v) is 9.04. The van der Waals surface area contributed by atoms with Crippen LogP contribution >= 0.6 is 0 Å². The third kappa shape index (κ3) is 5.54. The van der Waals surface area contributed by atoms with Gasteiger partial charge < -0.3 is 15.8 Å². The largest absolute Gasteiger partial charge is 0.477 e. The molecule has 0 saturated carbocycles. The van der Waals surface area contributed by atoms with E-state index in [0.717, 1.165) is 6.20 Å². The Kier molecular flexibility index (Phi) is 7.37. The zero-order valence-electron chi connectivity index (χ0n) is 17.1. The highest BCUT2D eigenvalue weighted by Gasteiger charge is 2.23. The number of urea groups is 1. The molecule has 2 rings (SSSR count). The highest BCUT2D eigenvalue weighted by molar-refractivity contribution is 7.96. The molecule has 0 fully saturated rings. The van der Waals surface area contributed by atoms with Gasteiger partial charge in [0.15, 0.2) is 9.92 Å². The van der Waals surface area contributed by atoms with Crippen LogP contribution in [0.1, 0.15) is 57.1 Å². The van der Waals surface area contributed by atoms with Crippen molar-refractivity contribution in [2.45, 2.75) is 46.0 Å². The molecule has 1 heterocycles. The van der Waals surface area contributed by atoms with Gasteiger partial charge in [-0.1, -0.05) is 27.7 Å². The predicted octanol–water partition coefficient (Wildman–Crippen LogP) is 3.57. The van der Waals surface area contributed by atoms with Crippen LogP contribution in [0.3, 0.4) is 0 Å². The highest BCUT2D eigenvalue weighted by atomic mass is 32.2. The molecule has 5 N–H and O–H groups in total. The number of nitrogens with one attached hydrogen (secondary N) is 1. The summed E-state index contributed by atoms with van der Waals surface area (Å²) in [5.74, 6) is -0.499. The van der Waals surface area contributed by atoms with Crippen molar-refractivity contribution in [2.75, 3.05) is 18.5 Å². The number of halogens is 1. The van der Waals surface area contributed by atoms with Crippen LogP contribution in [-0.4, -0.2) is 29.3 Å². The van der Waals surface area contributed by atoms with Gasteiger partial charge in [0, 0.05) is 24.9 Å². The van der Waals surface area contributed by atoms with Crippen LogP contribution in [0.5, 0.6) is 0 Å². The van der Waals surface area contributed by atoms with Crippen molar-refractivity contribution in [3.63, 3.8) is 0 Å². The van der Waals surface area contributed by atoms with Crippen molar-refractivity contribution in [1.82, 2.24) is 0 Å². The first-order valence-corrected chi connectivity index (χ1v) is 10.9. The highest BCUT2D eigenvalue weighted by Crippen LogP contribution is 2.33. The van der Waals surface area contributed by atoms with E-state index in [2.05, 4.69) is 14.7 Å². The molecule has 160 valence electrons. The van der Waals surface area contributed by atoms with Crippen LogP contribution in [-0.2, 0) is 14.7 Å². The summed E-state index contributed by atoms with van der Waals surface area (Å²) in [6, 6.07) is 1.80.